The minimum atomic E-state index is -0.671. The van der Waals surface area contributed by atoms with Crippen molar-refractivity contribution in [3.05, 3.63) is 63.0 Å². The molecule has 0 aliphatic rings. The molecular weight excluding hydrogens is 322 g/mol. The predicted molar refractivity (Wildman–Crippen MR) is 96.6 cm³/mol. The SMILES string of the molecule is CCc1c[nH]c(=O)c(C(=O)NC(C)(C)c2nc3ccccc3s2)c1. The zero-order valence-electron chi connectivity index (χ0n) is 13.8. The van der Waals surface area contributed by atoms with Gasteiger partial charge in [0.25, 0.3) is 11.5 Å². The highest BCUT2D eigenvalue weighted by Gasteiger charge is 2.28. The molecule has 1 aromatic carbocycles. The zero-order valence-corrected chi connectivity index (χ0v) is 14.7. The van der Waals surface area contributed by atoms with Gasteiger partial charge >= 0.3 is 0 Å². The Balaban J connectivity index is 1.91. The number of H-pyrrole nitrogens is 1. The maximum atomic E-state index is 12.6. The van der Waals surface area contributed by atoms with Crippen molar-refractivity contribution in [2.24, 2.45) is 0 Å². The monoisotopic (exact) mass is 341 g/mol. The van der Waals surface area contributed by atoms with Gasteiger partial charge in [-0.1, -0.05) is 19.1 Å². The fourth-order valence-corrected chi connectivity index (χ4v) is 3.47. The van der Waals surface area contributed by atoms with Gasteiger partial charge in [-0.05, 0) is 44.0 Å². The van der Waals surface area contributed by atoms with Crippen LogP contribution in [0.2, 0.25) is 0 Å². The van der Waals surface area contributed by atoms with Crippen LogP contribution in [-0.2, 0) is 12.0 Å². The highest BCUT2D eigenvalue weighted by molar-refractivity contribution is 7.18. The normalized spacial score (nSPS) is 11.6. The van der Waals surface area contributed by atoms with Gasteiger partial charge in [0.05, 0.1) is 15.8 Å². The number of thiazole rings is 1. The Morgan fingerprint density at radius 1 is 1.33 bits per heavy atom. The maximum Gasteiger partial charge on any atom is 0.260 e. The molecule has 0 saturated heterocycles. The minimum absolute atomic E-state index is 0.128. The number of hydrogen-bond acceptors (Lipinski definition) is 4. The summed E-state index contributed by atoms with van der Waals surface area (Å²) in [5.41, 5.74) is 0.895. The highest BCUT2D eigenvalue weighted by Crippen LogP contribution is 2.29. The molecule has 3 aromatic rings. The number of amides is 1. The smallest absolute Gasteiger partial charge is 0.260 e. The van der Waals surface area contributed by atoms with E-state index in [1.54, 1.807) is 23.6 Å². The first-order chi connectivity index (χ1) is 11.4. The van der Waals surface area contributed by atoms with Crippen LogP contribution in [-0.4, -0.2) is 15.9 Å². The first-order valence-electron chi connectivity index (χ1n) is 7.81. The van der Waals surface area contributed by atoms with Crippen LogP contribution in [0.4, 0.5) is 0 Å². The first-order valence-corrected chi connectivity index (χ1v) is 8.62. The number of pyridine rings is 1. The highest BCUT2D eigenvalue weighted by atomic mass is 32.1. The molecule has 0 spiro atoms. The molecule has 5 nitrogen and oxygen atoms in total. The second kappa shape index (κ2) is 6.20. The van der Waals surface area contributed by atoms with Crippen LogP contribution in [0.5, 0.6) is 0 Å². The molecule has 2 heterocycles. The van der Waals surface area contributed by atoms with Crippen LogP contribution >= 0.6 is 11.3 Å². The van der Waals surface area contributed by atoms with Crippen LogP contribution in [0.1, 0.15) is 41.7 Å². The van der Waals surface area contributed by atoms with E-state index in [1.165, 1.54) is 0 Å². The second-order valence-electron chi connectivity index (χ2n) is 6.17. The van der Waals surface area contributed by atoms with Gasteiger partial charge in [0, 0.05) is 6.20 Å². The van der Waals surface area contributed by atoms with E-state index in [-0.39, 0.29) is 11.1 Å². The van der Waals surface area contributed by atoms with Gasteiger partial charge in [-0.3, -0.25) is 9.59 Å². The lowest BCUT2D eigenvalue weighted by molar-refractivity contribution is 0.0910. The maximum absolute atomic E-state index is 12.6. The van der Waals surface area contributed by atoms with E-state index in [2.05, 4.69) is 15.3 Å². The van der Waals surface area contributed by atoms with Crippen molar-refractivity contribution in [1.82, 2.24) is 15.3 Å². The summed E-state index contributed by atoms with van der Waals surface area (Å²) in [6.07, 6.45) is 2.39. The Kier molecular flexibility index (Phi) is 4.24. The summed E-state index contributed by atoms with van der Waals surface area (Å²) in [5.74, 6) is -0.393. The standard InChI is InChI=1S/C18H19N3O2S/c1-4-11-9-12(15(22)19-10-11)16(23)21-18(2,3)17-20-13-7-5-6-8-14(13)24-17/h5-10H,4H2,1-3H3,(H,19,22)(H,21,23). The molecule has 0 aliphatic carbocycles. The first kappa shape index (κ1) is 16.4. The molecule has 0 saturated carbocycles. The predicted octanol–water partition coefficient (Wildman–Crippen LogP) is 3.21. The number of carbonyl (C=O) groups excluding carboxylic acids is 1. The minimum Gasteiger partial charge on any atom is -0.340 e. The molecule has 124 valence electrons. The molecule has 1 amide bonds. The lowest BCUT2D eigenvalue weighted by Gasteiger charge is -2.23. The van der Waals surface area contributed by atoms with Gasteiger partial charge in [0.1, 0.15) is 10.6 Å². The molecule has 2 N–H and O–H groups in total. The number of fused-ring (bicyclic) bond motifs is 1. The van der Waals surface area contributed by atoms with E-state index in [4.69, 9.17) is 0 Å². The number of para-hydroxylation sites is 1. The summed E-state index contributed by atoms with van der Waals surface area (Å²) in [5, 5.41) is 3.74. The van der Waals surface area contributed by atoms with Crippen LogP contribution < -0.4 is 10.9 Å². The quantitative estimate of drug-likeness (QED) is 0.765. The molecular formula is C18H19N3O2S. The molecule has 6 heteroatoms. The van der Waals surface area contributed by atoms with Crippen LogP contribution in [0.25, 0.3) is 10.2 Å². The summed E-state index contributed by atoms with van der Waals surface area (Å²) < 4.78 is 1.07. The van der Waals surface area contributed by atoms with Gasteiger partial charge in [-0.15, -0.1) is 11.3 Å². The zero-order chi connectivity index (χ0) is 17.3. The number of rotatable bonds is 4. The average Bonchev–Trinajstić information content (AvgIpc) is 3.00. The lowest BCUT2D eigenvalue weighted by Crippen LogP contribution is -2.42. The molecule has 0 fully saturated rings. The molecule has 0 unspecified atom stereocenters. The molecule has 24 heavy (non-hydrogen) atoms. The van der Waals surface area contributed by atoms with E-state index in [0.717, 1.165) is 27.2 Å². The van der Waals surface area contributed by atoms with Gasteiger partial charge < -0.3 is 10.3 Å². The van der Waals surface area contributed by atoms with Gasteiger partial charge in [-0.2, -0.15) is 0 Å². The third-order valence-electron chi connectivity index (χ3n) is 3.87. The van der Waals surface area contributed by atoms with E-state index in [9.17, 15) is 9.59 Å². The number of nitrogens with zero attached hydrogens (tertiary/aromatic N) is 1. The van der Waals surface area contributed by atoms with Crippen molar-refractivity contribution in [3.63, 3.8) is 0 Å². The number of aryl methyl sites for hydroxylation is 1. The van der Waals surface area contributed by atoms with Crippen molar-refractivity contribution in [2.45, 2.75) is 32.7 Å². The largest absolute Gasteiger partial charge is 0.340 e. The van der Waals surface area contributed by atoms with Crippen molar-refractivity contribution in [3.8, 4) is 0 Å². The average molecular weight is 341 g/mol. The number of hydrogen-bond donors (Lipinski definition) is 2. The van der Waals surface area contributed by atoms with Crippen LogP contribution in [0.15, 0.2) is 41.3 Å². The molecule has 2 aromatic heterocycles. The molecule has 0 radical (unpaired) electrons. The number of benzene rings is 1. The topological polar surface area (TPSA) is 74.8 Å². The van der Waals surface area contributed by atoms with Crippen molar-refractivity contribution >= 4 is 27.5 Å². The van der Waals surface area contributed by atoms with Crippen molar-refractivity contribution in [1.29, 1.82) is 0 Å². The van der Waals surface area contributed by atoms with E-state index < -0.39 is 11.4 Å². The summed E-state index contributed by atoms with van der Waals surface area (Å²) in [6, 6.07) is 9.49. The van der Waals surface area contributed by atoms with Gasteiger partial charge in [0.15, 0.2) is 0 Å². The Labute approximate surface area is 143 Å². The Bertz CT molecular complexity index is 923. The number of aromatic amines is 1. The van der Waals surface area contributed by atoms with Crippen molar-refractivity contribution in [2.75, 3.05) is 0 Å². The fraction of sp³-hybridized carbons (Fsp3) is 0.278. The van der Waals surface area contributed by atoms with E-state index in [0.29, 0.717) is 0 Å². The number of aromatic nitrogens is 2. The Morgan fingerprint density at radius 3 is 2.79 bits per heavy atom. The van der Waals surface area contributed by atoms with Crippen LogP contribution in [0, 0.1) is 0 Å². The summed E-state index contributed by atoms with van der Waals surface area (Å²) in [6.45, 7) is 5.75. The lowest BCUT2D eigenvalue weighted by atomic mass is 10.1. The Morgan fingerprint density at radius 2 is 2.08 bits per heavy atom. The van der Waals surface area contributed by atoms with E-state index >= 15 is 0 Å². The molecule has 0 bridgehead atoms. The molecule has 0 aliphatic heterocycles. The molecule has 0 atom stereocenters. The summed E-state index contributed by atoms with van der Waals surface area (Å²) >= 11 is 1.54. The third-order valence-corrected chi connectivity index (χ3v) is 5.23. The third kappa shape index (κ3) is 3.10. The molecule has 3 rings (SSSR count). The number of carbonyl (C=O) groups is 1. The second-order valence-corrected chi connectivity index (χ2v) is 7.20. The van der Waals surface area contributed by atoms with Gasteiger partial charge in [-0.25, -0.2) is 4.98 Å². The summed E-state index contributed by atoms with van der Waals surface area (Å²) in [7, 11) is 0. The van der Waals surface area contributed by atoms with E-state index in [1.807, 2.05) is 45.0 Å². The fourth-order valence-electron chi connectivity index (χ4n) is 2.45. The van der Waals surface area contributed by atoms with Crippen molar-refractivity contribution < 1.29 is 4.79 Å². The van der Waals surface area contributed by atoms with Gasteiger partial charge in [0.2, 0.25) is 0 Å². The van der Waals surface area contributed by atoms with Crippen LogP contribution in [0.3, 0.4) is 0 Å². The Hall–Kier alpha value is -2.47. The number of nitrogens with one attached hydrogen (secondary N) is 2. The summed E-state index contributed by atoms with van der Waals surface area (Å²) in [4.78, 5) is 31.8.